The zero-order valence-electron chi connectivity index (χ0n) is 18.7. The fourth-order valence-electron chi connectivity index (χ4n) is 3.08. The lowest BCUT2D eigenvalue weighted by atomic mass is 10.0. The van der Waals surface area contributed by atoms with Crippen molar-refractivity contribution in [3.8, 4) is 0 Å². The summed E-state index contributed by atoms with van der Waals surface area (Å²) in [6.07, 6.45) is 0. The number of aryl methyl sites for hydroxylation is 1. The number of non-ortho nitro benzene ring substituents is 1. The van der Waals surface area contributed by atoms with Crippen LogP contribution in [0.5, 0.6) is 0 Å². The van der Waals surface area contributed by atoms with Crippen LogP contribution in [0.1, 0.15) is 41.6 Å². The maximum absolute atomic E-state index is 12.7. The summed E-state index contributed by atoms with van der Waals surface area (Å²) in [7, 11) is 0. The number of nitrogens with one attached hydrogen (secondary N) is 3. The molecule has 178 valence electrons. The average Bonchev–Trinajstić information content (AvgIpc) is 3.26. The summed E-state index contributed by atoms with van der Waals surface area (Å²) in [6, 6.07) is 10.2. The van der Waals surface area contributed by atoms with E-state index in [0.29, 0.717) is 21.7 Å². The van der Waals surface area contributed by atoms with Gasteiger partial charge in [0.15, 0.2) is 0 Å². The Morgan fingerprint density at radius 1 is 1.24 bits per heavy atom. The van der Waals surface area contributed by atoms with Gasteiger partial charge in [-0.15, -0.1) is 5.10 Å². The molecule has 0 saturated carbocycles. The van der Waals surface area contributed by atoms with Gasteiger partial charge in [-0.1, -0.05) is 43.3 Å². The number of hydrogen-bond donors (Lipinski definition) is 3. The lowest BCUT2D eigenvalue weighted by Gasteiger charge is -2.19. The number of nitro benzene ring substituents is 1. The molecule has 0 unspecified atom stereocenters. The number of anilines is 1. The predicted octanol–water partition coefficient (Wildman–Crippen LogP) is 4.53. The third-order valence-corrected chi connectivity index (χ3v) is 5.93. The highest BCUT2D eigenvalue weighted by molar-refractivity contribution is 7.99. The number of nitro groups is 1. The summed E-state index contributed by atoms with van der Waals surface area (Å²) in [4.78, 5) is 39.8. The number of thioether (sulfide) groups is 1. The standard InChI is InChI=1S/C22H23ClN6O4S/c1-12(2)19(25-21(31)14-5-4-6-16(10-14)29(32)33)20-26-22(28-27-20)34-11-18(30)24-17-8-7-15(23)9-13(17)3/h4-10,12,19H,11H2,1-3H3,(H,24,30)(H,25,31)(H,26,27,28)/t19-/m0/s1. The minimum absolute atomic E-state index is 0.0513. The summed E-state index contributed by atoms with van der Waals surface area (Å²) in [5, 5.41) is 24.5. The quantitative estimate of drug-likeness (QED) is 0.221. The van der Waals surface area contributed by atoms with E-state index in [1.165, 1.54) is 24.3 Å². The Labute approximate surface area is 205 Å². The second kappa shape index (κ2) is 11.1. The van der Waals surface area contributed by atoms with Crippen LogP contribution in [0.3, 0.4) is 0 Å². The molecule has 2 amide bonds. The van der Waals surface area contributed by atoms with Gasteiger partial charge in [-0.05, 0) is 42.7 Å². The number of benzene rings is 2. The Balaban J connectivity index is 1.63. The van der Waals surface area contributed by atoms with Crippen molar-refractivity contribution in [3.05, 3.63) is 74.6 Å². The molecule has 0 aliphatic rings. The fourth-order valence-corrected chi connectivity index (χ4v) is 3.91. The van der Waals surface area contributed by atoms with Gasteiger partial charge in [0.05, 0.1) is 16.7 Å². The van der Waals surface area contributed by atoms with Gasteiger partial charge in [0.2, 0.25) is 11.1 Å². The molecule has 34 heavy (non-hydrogen) atoms. The van der Waals surface area contributed by atoms with Crippen molar-refractivity contribution in [1.82, 2.24) is 20.5 Å². The van der Waals surface area contributed by atoms with Gasteiger partial charge in [-0.25, -0.2) is 4.98 Å². The van der Waals surface area contributed by atoms with E-state index in [1.54, 1.807) is 18.2 Å². The average molecular weight is 503 g/mol. The maximum Gasteiger partial charge on any atom is 0.270 e. The molecule has 0 saturated heterocycles. The number of rotatable bonds is 9. The monoisotopic (exact) mass is 502 g/mol. The van der Waals surface area contributed by atoms with Crippen molar-refractivity contribution in [2.45, 2.75) is 32.0 Å². The Morgan fingerprint density at radius 2 is 2.00 bits per heavy atom. The van der Waals surface area contributed by atoms with E-state index in [2.05, 4.69) is 25.8 Å². The highest BCUT2D eigenvalue weighted by Gasteiger charge is 2.24. The number of aromatic nitrogens is 3. The molecule has 0 aliphatic carbocycles. The van der Waals surface area contributed by atoms with Crippen molar-refractivity contribution in [1.29, 1.82) is 0 Å². The molecule has 0 bridgehead atoms. The molecule has 2 aromatic carbocycles. The van der Waals surface area contributed by atoms with Crippen LogP contribution in [0, 0.1) is 23.0 Å². The first-order chi connectivity index (χ1) is 16.1. The van der Waals surface area contributed by atoms with Gasteiger partial charge in [0.1, 0.15) is 5.82 Å². The predicted molar refractivity (Wildman–Crippen MR) is 130 cm³/mol. The first kappa shape index (κ1) is 25.2. The molecule has 3 aromatic rings. The van der Waals surface area contributed by atoms with Crippen LogP contribution in [-0.2, 0) is 4.79 Å². The maximum atomic E-state index is 12.7. The first-order valence-corrected chi connectivity index (χ1v) is 11.7. The number of H-pyrrole nitrogens is 1. The van der Waals surface area contributed by atoms with Crippen LogP contribution in [-0.4, -0.2) is 37.7 Å². The molecule has 0 aliphatic heterocycles. The molecule has 1 heterocycles. The second-order valence-electron chi connectivity index (χ2n) is 7.80. The summed E-state index contributed by atoms with van der Waals surface area (Å²) in [5.41, 5.74) is 1.53. The summed E-state index contributed by atoms with van der Waals surface area (Å²) in [6.45, 7) is 5.65. The highest BCUT2D eigenvalue weighted by Crippen LogP contribution is 2.23. The normalized spacial score (nSPS) is 11.8. The third-order valence-electron chi connectivity index (χ3n) is 4.84. The lowest BCUT2D eigenvalue weighted by Crippen LogP contribution is -2.32. The zero-order chi connectivity index (χ0) is 24.8. The van der Waals surface area contributed by atoms with Crippen LogP contribution in [0.4, 0.5) is 11.4 Å². The van der Waals surface area contributed by atoms with Crippen molar-refractivity contribution < 1.29 is 14.5 Å². The topological polar surface area (TPSA) is 143 Å². The number of halogens is 1. The van der Waals surface area contributed by atoms with Crippen molar-refractivity contribution in [3.63, 3.8) is 0 Å². The van der Waals surface area contributed by atoms with Crippen LogP contribution >= 0.6 is 23.4 Å². The zero-order valence-corrected chi connectivity index (χ0v) is 20.2. The smallest absolute Gasteiger partial charge is 0.270 e. The Bertz CT molecular complexity index is 1220. The first-order valence-electron chi connectivity index (χ1n) is 10.3. The molecular formula is C22H23ClN6O4S. The Kier molecular flexibility index (Phi) is 8.24. The van der Waals surface area contributed by atoms with Crippen molar-refractivity contribution in [2.24, 2.45) is 5.92 Å². The summed E-state index contributed by atoms with van der Waals surface area (Å²) < 4.78 is 0. The SMILES string of the molecule is Cc1cc(Cl)ccc1NC(=O)CSc1n[nH]c([C@@H](NC(=O)c2cccc([N+](=O)[O-])c2)C(C)C)n1. The van der Waals surface area contributed by atoms with Gasteiger partial charge < -0.3 is 10.6 Å². The van der Waals surface area contributed by atoms with Crippen LogP contribution in [0.2, 0.25) is 5.02 Å². The van der Waals surface area contributed by atoms with Crippen molar-refractivity contribution >= 4 is 46.6 Å². The molecule has 10 nitrogen and oxygen atoms in total. The number of carbonyl (C=O) groups is 2. The van der Waals surface area contributed by atoms with E-state index in [1.807, 2.05) is 20.8 Å². The van der Waals surface area contributed by atoms with Gasteiger partial charge >= 0.3 is 0 Å². The molecule has 12 heteroatoms. The van der Waals surface area contributed by atoms with E-state index in [9.17, 15) is 19.7 Å². The Morgan fingerprint density at radius 3 is 2.68 bits per heavy atom. The van der Waals surface area contributed by atoms with E-state index in [4.69, 9.17) is 11.6 Å². The molecule has 3 N–H and O–H groups in total. The molecule has 0 radical (unpaired) electrons. The number of amides is 2. The van der Waals surface area contributed by atoms with Gasteiger partial charge in [-0.2, -0.15) is 0 Å². The molecular weight excluding hydrogens is 480 g/mol. The summed E-state index contributed by atoms with van der Waals surface area (Å²) in [5.74, 6) is -0.229. The molecule has 1 aromatic heterocycles. The molecule has 0 fully saturated rings. The largest absolute Gasteiger partial charge is 0.342 e. The minimum atomic E-state index is -0.555. The second-order valence-corrected chi connectivity index (χ2v) is 9.18. The third kappa shape index (κ3) is 6.55. The fraction of sp³-hybridized carbons (Fsp3) is 0.273. The van der Waals surface area contributed by atoms with Gasteiger partial charge in [0.25, 0.3) is 11.6 Å². The van der Waals surface area contributed by atoms with Crippen LogP contribution in [0.25, 0.3) is 0 Å². The van der Waals surface area contributed by atoms with E-state index in [0.717, 1.165) is 17.3 Å². The number of hydrogen-bond acceptors (Lipinski definition) is 7. The van der Waals surface area contributed by atoms with Crippen LogP contribution < -0.4 is 10.6 Å². The Hall–Kier alpha value is -3.44. The van der Waals surface area contributed by atoms with E-state index >= 15 is 0 Å². The molecule has 1 atom stereocenters. The van der Waals surface area contributed by atoms with Gasteiger partial charge in [0, 0.05) is 28.4 Å². The number of aromatic amines is 1. The molecule has 3 rings (SSSR count). The highest BCUT2D eigenvalue weighted by atomic mass is 35.5. The van der Waals surface area contributed by atoms with E-state index < -0.39 is 16.9 Å². The molecule has 0 spiro atoms. The van der Waals surface area contributed by atoms with Gasteiger partial charge in [-0.3, -0.25) is 24.8 Å². The number of nitrogens with zero attached hydrogens (tertiary/aromatic N) is 3. The van der Waals surface area contributed by atoms with Crippen molar-refractivity contribution in [2.75, 3.05) is 11.1 Å². The van der Waals surface area contributed by atoms with Crippen LogP contribution in [0.15, 0.2) is 47.6 Å². The summed E-state index contributed by atoms with van der Waals surface area (Å²) >= 11 is 7.09. The van der Waals surface area contributed by atoms with E-state index in [-0.39, 0.29) is 28.8 Å². The minimum Gasteiger partial charge on any atom is -0.342 e. The number of carbonyl (C=O) groups excluding carboxylic acids is 2. The lowest BCUT2D eigenvalue weighted by molar-refractivity contribution is -0.384.